The van der Waals surface area contributed by atoms with Crippen LogP contribution in [-0.2, 0) is 0 Å². The standard InChI is InChI=1S/C10H21N3O/c1-8-7-11-5-6-13(8)9(14)12-10(2,3)4/h8,11H,5-7H2,1-4H3,(H,12,14)/t8-/m1/s1. The first-order valence-corrected chi connectivity index (χ1v) is 5.19. The molecule has 14 heavy (non-hydrogen) atoms. The molecule has 1 aliphatic heterocycles. The van der Waals surface area contributed by atoms with Crippen LogP contribution in [0.4, 0.5) is 4.79 Å². The van der Waals surface area contributed by atoms with E-state index in [0.717, 1.165) is 19.6 Å². The van der Waals surface area contributed by atoms with Gasteiger partial charge in [0, 0.05) is 31.2 Å². The third-order valence-corrected chi connectivity index (χ3v) is 2.24. The van der Waals surface area contributed by atoms with E-state index >= 15 is 0 Å². The molecule has 1 aliphatic rings. The molecule has 0 aliphatic carbocycles. The second-order valence-electron chi connectivity index (χ2n) is 4.93. The Morgan fingerprint density at radius 2 is 2.14 bits per heavy atom. The minimum Gasteiger partial charge on any atom is -0.333 e. The van der Waals surface area contributed by atoms with Crippen molar-refractivity contribution in [3.8, 4) is 0 Å². The number of rotatable bonds is 0. The van der Waals surface area contributed by atoms with E-state index in [1.807, 2.05) is 25.7 Å². The van der Waals surface area contributed by atoms with Crippen molar-refractivity contribution in [3.63, 3.8) is 0 Å². The van der Waals surface area contributed by atoms with Gasteiger partial charge in [0.05, 0.1) is 0 Å². The number of carbonyl (C=O) groups excluding carboxylic acids is 1. The third kappa shape index (κ3) is 3.18. The van der Waals surface area contributed by atoms with E-state index in [0.29, 0.717) is 0 Å². The highest BCUT2D eigenvalue weighted by Gasteiger charge is 2.25. The van der Waals surface area contributed by atoms with Gasteiger partial charge in [-0.25, -0.2) is 4.79 Å². The van der Waals surface area contributed by atoms with E-state index in [1.54, 1.807) is 0 Å². The summed E-state index contributed by atoms with van der Waals surface area (Å²) in [5.74, 6) is 0. The summed E-state index contributed by atoms with van der Waals surface area (Å²) in [5, 5.41) is 6.24. The molecule has 0 bridgehead atoms. The summed E-state index contributed by atoms with van der Waals surface area (Å²) in [6, 6.07) is 0.331. The summed E-state index contributed by atoms with van der Waals surface area (Å²) < 4.78 is 0. The Hall–Kier alpha value is -0.770. The van der Waals surface area contributed by atoms with Gasteiger partial charge in [-0.15, -0.1) is 0 Å². The lowest BCUT2D eigenvalue weighted by Gasteiger charge is -2.36. The minimum atomic E-state index is -0.151. The molecule has 1 atom stereocenters. The predicted octanol–water partition coefficient (Wildman–Crippen LogP) is 0.788. The topological polar surface area (TPSA) is 44.4 Å². The fourth-order valence-electron chi connectivity index (χ4n) is 1.54. The van der Waals surface area contributed by atoms with Gasteiger partial charge in [0.15, 0.2) is 0 Å². The first-order valence-electron chi connectivity index (χ1n) is 5.19. The molecule has 2 amide bonds. The highest BCUT2D eigenvalue weighted by Crippen LogP contribution is 2.06. The van der Waals surface area contributed by atoms with Crippen molar-refractivity contribution < 1.29 is 4.79 Å². The van der Waals surface area contributed by atoms with Crippen molar-refractivity contribution in [1.29, 1.82) is 0 Å². The molecule has 0 aromatic heterocycles. The lowest BCUT2D eigenvalue weighted by atomic mass is 10.1. The highest BCUT2D eigenvalue weighted by atomic mass is 16.2. The maximum Gasteiger partial charge on any atom is 0.318 e. The monoisotopic (exact) mass is 199 g/mol. The Bertz CT molecular complexity index is 210. The molecule has 1 fully saturated rings. The zero-order chi connectivity index (χ0) is 10.8. The maximum absolute atomic E-state index is 11.8. The largest absolute Gasteiger partial charge is 0.333 e. The molecule has 1 rings (SSSR count). The smallest absolute Gasteiger partial charge is 0.318 e. The number of piperazine rings is 1. The molecule has 1 heterocycles. The number of urea groups is 1. The molecule has 0 aromatic rings. The number of hydrogen-bond acceptors (Lipinski definition) is 2. The summed E-state index contributed by atoms with van der Waals surface area (Å²) in [4.78, 5) is 13.7. The molecule has 2 N–H and O–H groups in total. The van der Waals surface area contributed by atoms with Crippen LogP contribution >= 0.6 is 0 Å². The van der Waals surface area contributed by atoms with E-state index < -0.39 is 0 Å². The number of hydrogen-bond donors (Lipinski definition) is 2. The van der Waals surface area contributed by atoms with Crippen LogP contribution in [0.3, 0.4) is 0 Å². The molecular weight excluding hydrogens is 178 g/mol. The van der Waals surface area contributed by atoms with Crippen molar-refractivity contribution in [2.24, 2.45) is 0 Å². The Labute approximate surface area is 86.0 Å². The fourth-order valence-corrected chi connectivity index (χ4v) is 1.54. The SMILES string of the molecule is C[C@@H]1CNCCN1C(=O)NC(C)(C)C. The van der Waals surface area contributed by atoms with Crippen molar-refractivity contribution in [3.05, 3.63) is 0 Å². The molecule has 0 unspecified atom stereocenters. The molecule has 0 spiro atoms. The van der Waals surface area contributed by atoms with Gasteiger partial charge in [0.2, 0.25) is 0 Å². The van der Waals surface area contributed by atoms with E-state index in [9.17, 15) is 4.79 Å². The van der Waals surface area contributed by atoms with Gasteiger partial charge in [0.25, 0.3) is 0 Å². The van der Waals surface area contributed by atoms with Gasteiger partial charge in [-0.3, -0.25) is 0 Å². The fraction of sp³-hybridized carbons (Fsp3) is 0.900. The summed E-state index contributed by atoms with van der Waals surface area (Å²) in [6.45, 7) is 10.6. The van der Waals surface area contributed by atoms with Crippen LogP contribution in [-0.4, -0.2) is 42.1 Å². The summed E-state index contributed by atoms with van der Waals surface area (Å²) in [6.07, 6.45) is 0. The van der Waals surface area contributed by atoms with E-state index in [4.69, 9.17) is 0 Å². The summed E-state index contributed by atoms with van der Waals surface area (Å²) in [7, 11) is 0. The van der Waals surface area contributed by atoms with E-state index in [-0.39, 0.29) is 17.6 Å². The van der Waals surface area contributed by atoms with Crippen LogP contribution in [0.1, 0.15) is 27.7 Å². The van der Waals surface area contributed by atoms with Gasteiger partial charge >= 0.3 is 6.03 Å². The van der Waals surface area contributed by atoms with Crippen LogP contribution in [0.5, 0.6) is 0 Å². The van der Waals surface area contributed by atoms with Crippen LogP contribution < -0.4 is 10.6 Å². The van der Waals surface area contributed by atoms with Gasteiger partial charge in [-0.2, -0.15) is 0 Å². The van der Waals surface area contributed by atoms with Crippen molar-refractivity contribution in [2.75, 3.05) is 19.6 Å². The van der Waals surface area contributed by atoms with E-state index in [2.05, 4.69) is 17.6 Å². The molecule has 1 saturated heterocycles. The molecular formula is C10H21N3O. The van der Waals surface area contributed by atoms with Crippen LogP contribution in [0, 0.1) is 0 Å². The quantitative estimate of drug-likeness (QED) is 0.606. The number of nitrogens with one attached hydrogen (secondary N) is 2. The van der Waals surface area contributed by atoms with Gasteiger partial charge in [0.1, 0.15) is 0 Å². The molecule has 4 heteroatoms. The lowest BCUT2D eigenvalue weighted by molar-refractivity contribution is 0.157. The average Bonchev–Trinajstić information content (AvgIpc) is 2.01. The van der Waals surface area contributed by atoms with Crippen LogP contribution in [0.2, 0.25) is 0 Å². The Morgan fingerprint density at radius 1 is 1.50 bits per heavy atom. The molecule has 4 nitrogen and oxygen atoms in total. The number of carbonyl (C=O) groups is 1. The second kappa shape index (κ2) is 4.17. The average molecular weight is 199 g/mol. The third-order valence-electron chi connectivity index (χ3n) is 2.24. The van der Waals surface area contributed by atoms with Gasteiger partial charge < -0.3 is 15.5 Å². The summed E-state index contributed by atoms with van der Waals surface area (Å²) >= 11 is 0. The zero-order valence-corrected chi connectivity index (χ0v) is 9.55. The Balaban J connectivity index is 2.50. The lowest BCUT2D eigenvalue weighted by Crippen LogP contribution is -2.57. The number of amides is 2. The van der Waals surface area contributed by atoms with Gasteiger partial charge in [-0.05, 0) is 27.7 Å². The van der Waals surface area contributed by atoms with Crippen molar-refractivity contribution >= 4 is 6.03 Å². The predicted molar refractivity (Wildman–Crippen MR) is 57.3 cm³/mol. The van der Waals surface area contributed by atoms with Gasteiger partial charge in [-0.1, -0.05) is 0 Å². The highest BCUT2D eigenvalue weighted by molar-refractivity contribution is 5.75. The van der Waals surface area contributed by atoms with Crippen molar-refractivity contribution in [2.45, 2.75) is 39.3 Å². The molecule has 0 radical (unpaired) electrons. The van der Waals surface area contributed by atoms with Crippen molar-refractivity contribution in [1.82, 2.24) is 15.5 Å². The first-order chi connectivity index (χ1) is 6.40. The summed E-state index contributed by atoms with van der Waals surface area (Å²) in [5.41, 5.74) is -0.151. The maximum atomic E-state index is 11.8. The minimum absolute atomic E-state index is 0.0477. The number of nitrogens with zero attached hydrogens (tertiary/aromatic N) is 1. The van der Waals surface area contributed by atoms with Crippen LogP contribution in [0.25, 0.3) is 0 Å². The normalized spacial score (nSPS) is 23.4. The molecule has 0 aromatic carbocycles. The zero-order valence-electron chi connectivity index (χ0n) is 9.55. The Morgan fingerprint density at radius 3 is 2.64 bits per heavy atom. The Kier molecular flexibility index (Phi) is 3.37. The second-order valence-corrected chi connectivity index (χ2v) is 4.93. The molecule has 82 valence electrons. The van der Waals surface area contributed by atoms with Crippen LogP contribution in [0.15, 0.2) is 0 Å². The first kappa shape index (κ1) is 11.3. The van der Waals surface area contributed by atoms with E-state index in [1.165, 1.54) is 0 Å². The molecule has 0 saturated carbocycles.